The van der Waals surface area contributed by atoms with E-state index in [1.165, 1.54) is 0 Å². The molecule has 170 valence electrons. The van der Waals surface area contributed by atoms with Crippen LogP contribution in [0.4, 0.5) is 0 Å². The minimum atomic E-state index is -0.0400. The molecule has 0 unspecified atom stereocenters. The van der Waals surface area contributed by atoms with Crippen molar-refractivity contribution in [1.82, 2.24) is 24.5 Å². The van der Waals surface area contributed by atoms with Gasteiger partial charge in [0.1, 0.15) is 5.15 Å². The molecule has 0 spiro atoms. The van der Waals surface area contributed by atoms with Gasteiger partial charge in [0.25, 0.3) is 0 Å². The van der Waals surface area contributed by atoms with Crippen LogP contribution in [0, 0.1) is 6.92 Å². The third-order valence-electron chi connectivity index (χ3n) is 6.18. The molecule has 3 heterocycles. The van der Waals surface area contributed by atoms with E-state index in [0.717, 1.165) is 42.8 Å². The number of hydrogen-bond donors (Lipinski definition) is 0. The van der Waals surface area contributed by atoms with E-state index in [-0.39, 0.29) is 11.8 Å². The quantitative estimate of drug-likeness (QED) is 0.628. The minimum Gasteiger partial charge on any atom is -0.342 e. The maximum atomic E-state index is 12.7. The maximum Gasteiger partial charge on any atom is 0.246 e. The van der Waals surface area contributed by atoms with E-state index >= 15 is 0 Å². The number of piperazine rings is 1. The minimum absolute atomic E-state index is 0.0400. The molecule has 2 amide bonds. The Bertz CT molecular complexity index is 974. The van der Waals surface area contributed by atoms with Crippen molar-refractivity contribution in [2.75, 3.05) is 45.8 Å². The number of rotatable bonds is 6. The monoisotopic (exact) mass is 455 g/mol. The van der Waals surface area contributed by atoms with Crippen molar-refractivity contribution in [3.63, 3.8) is 0 Å². The van der Waals surface area contributed by atoms with Gasteiger partial charge in [0.05, 0.1) is 18.8 Å². The molecule has 1 aromatic carbocycles. The van der Waals surface area contributed by atoms with Crippen molar-refractivity contribution in [3.05, 3.63) is 58.4 Å². The summed E-state index contributed by atoms with van der Waals surface area (Å²) in [6.45, 7) is 7.37. The normalized spacial score (nSPS) is 17.4. The molecule has 0 saturated carbocycles. The summed E-state index contributed by atoms with van der Waals surface area (Å²) >= 11 is 6.55. The lowest BCUT2D eigenvalue weighted by atomic mass is 10.2. The van der Waals surface area contributed by atoms with Crippen molar-refractivity contribution in [3.8, 4) is 0 Å². The molecule has 2 fully saturated rings. The zero-order chi connectivity index (χ0) is 22.5. The third kappa shape index (κ3) is 5.40. The predicted molar refractivity (Wildman–Crippen MR) is 125 cm³/mol. The molecule has 32 heavy (non-hydrogen) atoms. The fourth-order valence-corrected chi connectivity index (χ4v) is 4.56. The van der Waals surface area contributed by atoms with Crippen LogP contribution in [0.15, 0.2) is 36.4 Å². The van der Waals surface area contributed by atoms with Crippen LogP contribution >= 0.6 is 11.6 Å². The lowest BCUT2D eigenvalue weighted by Gasteiger charge is -2.34. The highest BCUT2D eigenvalue weighted by Crippen LogP contribution is 2.22. The fraction of sp³-hybridized carbons (Fsp3) is 0.458. The van der Waals surface area contributed by atoms with Crippen molar-refractivity contribution in [2.45, 2.75) is 26.3 Å². The van der Waals surface area contributed by atoms with E-state index in [2.05, 4.69) is 10.00 Å². The molecule has 2 aromatic rings. The molecule has 0 aliphatic carbocycles. The average molecular weight is 456 g/mol. The summed E-state index contributed by atoms with van der Waals surface area (Å²) in [4.78, 5) is 31.0. The number of benzene rings is 1. The molecule has 0 atom stereocenters. The van der Waals surface area contributed by atoms with Crippen molar-refractivity contribution >= 4 is 29.5 Å². The fourth-order valence-electron chi connectivity index (χ4n) is 4.26. The number of nitrogens with zero attached hydrogens (tertiary/aromatic N) is 5. The van der Waals surface area contributed by atoms with Crippen LogP contribution in [0.25, 0.3) is 6.08 Å². The predicted octanol–water partition coefficient (Wildman–Crippen LogP) is 2.67. The molecule has 2 saturated heterocycles. The Morgan fingerprint density at radius 3 is 2.38 bits per heavy atom. The van der Waals surface area contributed by atoms with Gasteiger partial charge >= 0.3 is 0 Å². The molecular weight excluding hydrogens is 426 g/mol. The Balaban J connectivity index is 1.30. The highest BCUT2D eigenvalue weighted by Gasteiger charge is 2.24. The zero-order valence-corrected chi connectivity index (χ0v) is 19.3. The lowest BCUT2D eigenvalue weighted by molar-refractivity contribution is -0.132. The number of carbonyl (C=O) groups is 2. The standard InChI is InChI=1S/C24H30ClN5O2/c1-19-21(24(25)30(26-19)17-20-7-3-2-4-8-20)9-10-22(31)29-15-13-27(14-16-29)18-23(32)28-11-5-6-12-28/h2-4,7-10H,5-6,11-18H2,1H3/b10-9+. The second kappa shape index (κ2) is 10.3. The van der Waals surface area contributed by atoms with E-state index in [1.807, 2.05) is 47.1 Å². The molecule has 8 heteroatoms. The molecule has 2 aliphatic rings. The smallest absolute Gasteiger partial charge is 0.246 e. The SMILES string of the molecule is Cc1nn(Cc2ccccc2)c(Cl)c1/C=C/C(=O)N1CCN(CC(=O)N2CCCC2)CC1. The van der Waals surface area contributed by atoms with Gasteiger partial charge in [0.2, 0.25) is 11.8 Å². The first-order chi connectivity index (χ1) is 15.5. The molecule has 0 radical (unpaired) electrons. The summed E-state index contributed by atoms with van der Waals surface area (Å²) in [6.07, 6.45) is 5.55. The Hall–Kier alpha value is -2.64. The molecule has 4 rings (SSSR count). The van der Waals surface area contributed by atoms with E-state index in [4.69, 9.17) is 11.6 Å². The summed E-state index contributed by atoms with van der Waals surface area (Å²) in [7, 11) is 0. The summed E-state index contributed by atoms with van der Waals surface area (Å²) < 4.78 is 1.76. The van der Waals surface area contributed by atoms with Crippen molar-refractivity contribution in [2.24, 2.45) is 0 Å². The molecule has 2 aliphatic heterocycles. The summed E-state index contributed by atoms with van der Waals surface area (Å²) in [5.41, 5.74) is 2.68. The van der Waals surface area contributed by atoms with E-state index < -0.39 is 0 Å². The number of hydrogen-bond acceptors (Lipinski definition) is 4. The molecule has 1 aromatic heterocycles. The van der Waals surface area contributed by atoms with Crippen LogP contribution < -0.4 is 0 Å². The van der Waals surface area contributed by atoms with Gasteiger partial charge < -0.3 is 9.80 Å². The van der Waals surface area contributed by atoms with Gasteiger partial charge in [0.15, 0.2) is 0 Å². The third-order valence-corrected chi connectivity index (χ3v) is 6.58. The first-order valence-electron chi connectivity index (χ1n) is 11.2. The summed E-state index contributed by atoms with van der Waals surface area (Å²) in [5.74, 6) is 0.168. The van der Waals surface area contributed by atoms with Crippen LogP contribution in [0.5, 0.6) is 0 Å². The molecular formula is C24H30ClN5O2. The first kappa shape index (κ1) is 22.6. The zero-order valence-electron chi connectivity index (χ0n) is 18.5. The number of carbonyl (C=O) groups excluding carboxylic acids is 2. The van der Waals surface area contributed by atoms with Crippen molar-refractivity contribution in [1.29, 1.82) is 0 Å². The van der Waals surface area contributed by atoms with Gasteiger partial charge in [0, 0.05) is 50.9 Å². The summed E-state index contributed by atoms with van der Waals surface area (Å²) in [5, 5.41) is 5.06. The second-order valence-corrected chi connectivity index (χ2v) is 8.81. The average Bonchev–Trinajstić information content (AvgIpc) is 3.43. The Labute approximate surface area is 194 Å². The van der Waals surface area contributed by atoms with Crippen molar-refractivity contribution < 1.29 is 9.59 Å². The lowest BCUT2D eigenvalue weighted by Crippen LogP contribution is -2.51. The van der Waals surface area contributed by atoms with Gasteiger partial charge in [-0.1, -0.05) is 41.9 Å². The van der Waals surface area contributed by atoms with Crippen LogP contribution in [0.2, 0.25) is 5.15 Å². The van der Waals surface area contributed by atoms with Crippen LogP contribution in [0.1, 0.15) is 29.7 Å². The van der Waals surface area contributed by atoms with Crippen LogP contribution in [-0.4, -0.2) is 82.1 Å². The Kier molecular flexibility index (Phi) is 7.27. The van der Waals surface area contributed by atoms with Crippen LogP contribution in [-0.2, 0) is 16.1 Å². The van der Waals surface area contributed by atoms with E-state index in [9.17, 15) is 9.59 Å². The Morgan fingerprint density at radius 2 is 1.69 bits per heavy atom. The Morgan fingerprint density at radius 1 is 1.00 bits per heavy atom. The number of amides is 2. The molecule has 7 nitrogen and oxygen atoms in total. The van der Waals surface area contributed by atoms with Gasteiger partial charge in [-0.15, -0.1) is 0 Å². The second-order valence-electron chi connectivity index (χ2n) is 8.46. The summed E-state index contributed by atoms with van der Waals surface area (Å²) in [6, 6.07) is 10.0. The van der Waals surface area contributed by atoms with Gasteiger partial charge in [-0.2, -0.15) is 5.10 Å². The largest absolute Gasteiger partial charge is 0.342 e. The number of halogens is 1. The number of aryl methyl sites for hydroxylation is 1. The molecule has 0 N–H and O–H groups in total. The number of likely N-dealkylation sites (tertiary alicyclic amines) is 1. The molecule has 0 bridgehead atoms. The van der Waals surface area contributed by atoms with Gasteiger partial charge in [-0.25, -0.2) is 4.68 Å². The van der Waals surface area contributed by atoms with Gasteiger partial charge in [-0.05, 0) is 31.4 Å². The first-order valence-corrected chi connectivity index (χ1v) is 11.6. The topological polar surface area (TPSA) is 61.7 Å². The van der Waals surface area contributed by atoms with Gasteiger partial charge in [-0.3, -0.25) is 14.5 Å². The highest BCUT2D eigenvalue weighted by atomic mass is 35.5. The highest BCUT2D eigenvalue weighted by molar-refractivity contribution is 6.31. The maximum absolute atomic E-state index is 12.7. The van der Waals surface area contributed by atoms with E-state index in [0.29, 0.717) is 44.4 Å². The number of aromatic nitrogens is 2. The van der Waals surface area contributed by atoms with Crippen LogP contribution in [0.3, 0.4) is 0 Å². The van der Waals surface area contributed by atoms with E-state index in [1.54, 1.807) is 16.8 Å².